The molecule has 0 aliphatic carbocycles. The molecule has 2 aromatic rings. The molecule has 0 fully saturated rings. The summed E-state index contributed by atoms with van der Waals surface area (Å²) in [5.74, 6) is -1.03. The quantitative estimate of drug-likeness (QED) is 0.869. The molecule has 0 saturated heterocycles. The molecule has 0 spiro atoms. The van der Waals surface area contributed by atoms with Crippen LogP contribution in [0, 0.1) is 17.1 Å². The zero-order valence-corrected chi connectivity index (χ0v) is 11.7. The zero-order valence-electron chi connectivity index (χ0n) is 11.0. The van der Waals surface area contributed by atoms with E-state index in [1.807, 2.05) is 6.07 Å². The van der Waals surface area contributed by atoms with Gasteiger partial charge in [-0.15, -0.1) is 0 Å². The smallest absolute Gasteiger partial charge is 0.261 e. The Balaban J connectivity index is 2.42. The standard InChI is InChI=1S/C15H11ClFN3O/c16-12-6-8-19-10-11(12)15(21)20(9-3-7-18)14-5-2-1-4-13(14)17/h1-2,4-6,8,10H,3,9H2. The lowest BCUT2D eigenvalue weighted by molar-refractivity contribution is 0.0986. The van der Waals surface area contributed by atoms with Crippen molar-refractivity contribution in [2.24, 2.45) is 0 Å². The van der Waals surface area contributed by atoms with Crippen molar-refractivity contribution in [2.75, 3.05) is 11.4 Å². The first kappa shape index (κ1) is 14.9. The van der Waals surface area contributed by atoms with E-state index in [0.717, 1.165) is 0 Å². The highest BCUT2D eigenvalue weighted by molar-refractivity contribution is 6.34. The van der Waals surface area contributed by atoms with E-state index in [1.165, 1.54) is 41.6 Å². The molecule has 0 saturated carbocycles. The van der Waals surface area contributed by atoms with Gasteiger partial charge < -0.3 is 4.90 Å². The minimum Gasteiger partial charge on any atom is -0.304 e. The summed E-state index contributed by atoms with van der Waals surface area (Å²) in [6, 6.07) is 9.32. The second-order valence-corrected chi connectivity index (χ2v) is 4.58. The Morgan fingerprint density at radius 2 is 2.14 bits per heavy atom. The van der Waals surface area contributed by atoms with Gasteiger partial charge in [-0.25, -0.2) is 4.39 Å². The van der Waals surface area contributed by atoms with Gasteiger partial charge >= 0.3 is 0 Å². The maximum atomic E-state index is 13.9. The number of aromatic nitrogens is 1. The number of hydrogen-bond acceptors (Lipinski definition) is 3. The van der Waals surface area contributed by atoms with Gasteiger partial charge in [-0.2, -0.15) is 5.26 Å². The first-order valence-corrected chi connectivity index (χ1v) is 6.56. The van der Waals surface area contributed by atoms with Crippen LogP contribution in [-0.2, 0) is 0 Å². The highest BCUT2D eigenvalue weighted by atomic mass is 35.5. The maximum Gasteiger partial charge on any atom is 0.261 e. The molecule has 106 valence electrons. The van der Waals surface area contributed by atoms with Crippen LogP contribution < -0.4 is 4.90 Å². The van der Waals surface area contributed by atoms with Crippen LogP contribution in [0.15, 0.2) is 42.7 Å². The van der Waals surface area contributed by atoms with E-state index in [1.54, 1.807) is 6.07 Å². The van der Waals surface area contributed by atoms with Gasteiger partial charge in [-0.3, -0.25) is 9.78 Å². The van der Waals surface area contributed by atoms with Crippen LogP contribution in [0.1, 0.15) is 16.8 Å². The van der Waals surface area contributed by atoms with Crippen LogP contribution in [-0.4, -0.2) is 17.4 Å². The van der Waals surface area contributed by atoms with Gasteiger partial charge in [-0.1, -0.05) is 23.7 Å². The van der Waals surface area contributed by atoms with E-state index in [0.29, 0.717) is 0 Å². The van der Waals surface area contributed by atoms with Crippen molar-refractivity contribution in [3.63, 3.8) is 0 Å². The lowest BCUT2D eigenvalue weighted by atomic mass is 10.2. The third-order valence-electron chi connectivity index (χ3n) is 2.83. The molecule has 0 N–H and O–H groups in total. The Morgan fingerprint density at radius 1 is 1.38 bits per heavy atom. The number of carbonyl (C=O) groups excluding carboxylic acids is 1. The molecular formula is C15H11ClFN3O. The second-order valence-electron chi connectivity index (χ2n) is 4.17. The molecule has 0 bridgehead atoms. The van der Waals surface area contributed by atoms with Crippen molar-refractivity contribution in [3.05, 3.63) is 59.1 Å². The normalized spacial score (nSPS) is 9.95. The Bertz CT molecular complexity index is 699. The van der Waals surface area contributed by atoms with Gasteiger partial charge in [0.2, 0.25) is 0 Å². The first-order chi connectivity index (χ1) is 10.1. The van der Waals surface area contributed by atoms with Crippen LogP contribution in [0.2, 0.25) is 5.02 Å². The molecule has 1 heterocycles. The van der Waals surface area contributed by atoms with Crippen molar-refractivity contribution >= 4 is 23.2 Å². The fraction of sp³-hybridized carbons (Fsp3) is 0.133. The average Bonchev–Trinajstić information content (AvgIpc) is 2.49. The minimum absolute atomic E-state index is 0.0709. The van der Waals surface area contributed by atoms with E-state index in [2.05, 4.69) is 4.98 Å². The number of pyridine rings is 1. The number of nitriles is 1. The third kappa shape index (κ3) is 3.36. The molecule has 1 aromatic carbocycles. The molecule has 4 nitrogen and oxygen atoms in total. The number of nitrogens with zero attached hydrogens (tertiary/aromatic N) is 3. The molecular weight excluding hydrogens is 293 g/mol. The van der Waals surface area contributed by atoms with E-state index < -0.39 is 11.7 Å². The summed E-state index contributed by atoms with van der Waals surface area (Å²) < 4.78 is 13.9. The van der Waals surface area contributed by atoms with Crippen LogP contribution in [0.3, 0.4) is 0 Å². The number of halogens is 2. The molecule has 0 aliphatic rings. The average molecular weight is 304 g/mol. The van der Waals surface area contributed by atoms with Gasteiger partial charge in [0.15, 0.2) is 0 Å². The van der Waals surface area contributed by atoms with Gasteiger partial charge in [0.05, 0.1) is 28.8 Å². The lowest BCUT2D eigenvalue weighted by Gasteiger charge is -2.22. The number of carbonyl (C=O) groups is 1. The zero-order chi connectivity index (χ0) is 15.2. The van der Waals surface area contributed by atoms with Crippen molar-refractivity contribution in [3.8, 4) is 6.07 Å². The lowest BCUT2D eigenvalue weighted by Crippen LogP contribution is -2.32. The highest BCUT2D eigenvalue weighted by Gasteiger charge is 2.22. The summed E-state index contributed by atoms with van der Waals surface area (Å²) >= 11 is 5.98. The second kappa shape index (κ2) is 6.82. The summed E-state index contributed by atoms with van der Waals surface area (Å²) in [6.45, 7) is 0.0709. The molecule has 2 rings (SSSR count). The van der Waals surface area contributed by atoms with E-state index in [4.69, 9.17) is 16.9 Å². The summed E-state index contributed by atoms with van der Waals surface area (Å²) in [5, 5.41) is 8.95. The Morgan fingerprint density at radius 3 is 2.81 bits per heavy atom. The predicted molar refractivity (Wildman–Crippen MR) is 77.6 cm³/mol. The highest BCUT2D eigenvalue weighted by Crippen LogP contribution is 2.23. The van der Waals surface area contributed by atoms with Gasteiger partial charge in [0, 0.05) is 18.9 Å². The van der Waals surface area contributed by atoms with Crippen molar-refractivity contribution in [1.29, 1.82) is 5.26 Å². The number of benzene rings is 1. The number of para-hydroxylation sites is 1. The van der Waals surface area contributed by atoms with E-state index >= 15 is 0 Å². The van der Waals surface area contributed by atoms with Crippen LogP contribution in [0.4, 0.5) is 10.1 Å². The van der Waals surface area contributed by atoms with Gasteiger partial charge in [0.1, 0.15) is 5.82 Å². The molecule has 6 heteroatoms. The third-order valence-corrected chi connectivity index (χ3v) is 3.16. The van der Waals surface area contributed by atoms with Gasteiger partial charge in [0.25, 0.3) is 5.91 Å². The molecule has 1 aromatic heterocycles. The number of anilines is 1. The fourth-order valence-electron chi connectivity index (χ4n) is 1.84. The SMILES string of the molecule is N#CCCN(C(=O)c1cnccc1Cl)c1ccccc1F. The fourth-order valence-corrected chi connectivity index (χ4v) is 2.03. The van der Waals surface area contributed by atoms with Gasteiger partial charge in [-0.05, 0) is 18.2 Å². The largest absolute Gasteiger partial charge is 0.304 e. The molecule has 0 atom stereocenters. The summed E-state index contributed by atoms with van der Waals surface area (Å²) in [6.07, 6.45) is 2.87. The maximum absolute atomic E-state index is 13.9. The Kier molecular flexibility index (Phi) is 4.85. The van der Waals surface area contributed by atoms with Crippen molar-refractivity contribution < 1.29 is 9.18 Å². The summed E-state index contributed by atoms with van der Waals surface area (Å²) in [5.41, 5.74) is 0.276. The summed E-state index contributed by atoms with van der Waals surface area (Å²) in [7, 11) is 0. The minimum atomic E-state index is -0.538. The van der Waals surface area contributed by atoms with E-state index in [-0.39, 0.29) is 29.2 Å². The van der Waals surface area contributed by atoms with Crippen molar-refractivity contribution in [2.45, 2.75) is 6.42 Å². The topological polar surface area (TPSA) is 57.0 Å². The van der Waals surface area contributed by atoms with E-state index in [9.17, 15) is 9.18 Å². The molecule has 0 unspecified atom stereocenters. The van der Waals surface area contributed by atoms with Crippen LogP contribution in [0.25, 0.3) is 0 Å². The van der Waals surface area contributed by atoms with Crippen molar-refractivity contribution in [1.82, 2.24) is 4.98 Å². The molecule has 0 radical (unpaired) electrons. The summed E-state index contributed by atoms with van der Waals surface area (Å²) in [4.78, 5) is 17.6. The molecule has 21 heavy (non-hydrogen) atoms. The number of rotatable bonds is 4. The molecule has 1 amide bonds. The monoisotopic (exact) mass is 303 g/mol. The Hall–Kier alpha value is -2.45. The predicted octanol–water partition coefficient (Wildman–Crippen LogP) is 3.43. The number of amides is 1. The van der Waals surface area contributed by atoms with Crippen LogP contribution >= 0.6 is 11.6 Å². The van der Waals surface area contributed by atoms with Crippen LogP contribution in [0.5, 0.6) is 0 Å². The Labute approximate surface area is 126 Å². The molecule has 0 aliphatic heterocycles. The number of hydrogen-bond donors (Lipinski definition) is 0. The first-order valence-electron chi connectivity index (χ1n) is 6.18.